The SMILES string of the molecule is O=C(O)C1CCCCCN1CC1CCCc2ccccc21. The first-order valence-electron chi connectivity index (χ1n) is 8.30. The highest BCUT2D eigenvalue weighted by molar-refractivity contribution is 5.73. The van der Waals surface area contributed by atoms with Crippen molar-refractivity contribution in [3.63, 3.8) is 0 Å². The number of hydrogen-bond acceptors (Lipinski definition) is 2. The molecule has 3 heteroatoms. The Morgan fingerprint density at radius 2 is 2.00 bits per heavy atom. The standard InChI is InChI=1S/C18H25NO2/c20-18(21)17-11-2-1-5-12-19(17)13-15-9-6-8-14-7-3-4-10-16(14)15/h3-4,7,10,15,17H,1-2,5-6,8-9,11-13H2,(H,20,21). The Labute approximate surface area is 127 Å². The van der Waals surface area contributed by atoms with E-state index in [1.807, 2.05) is 0 Å². The van der Waals surface area contributed by atoms with Crippen LogP contribution in [-0.2, 0) is 11.2 Å². The second kappa shape index (κ2) is 6.61. The quantitative estimate of drug-likeness (QED) is 0.926. The van der Waals surface area contributed by atoms with Crippen LogP contribution >= 0.6 is 0 Å². The van der Waals surface area contributed by atoms with Gasteiger partial charge in [0, 0.05) is 6.54 Å². The summed E-state index contributed by atoms with van der Waals surface area (Å²) < 4.78 is 0. The van der Waals surface area contributed by atoms with Crippen LogP contribution in [0.5, 0.6) is 0 Å². The molecule has 1 fully saturated rings. The normalized spacial score (nSPS) is 26.9. The Balaban J connectivity index is 1.77. The predicted octanol–water partition coefficient (Wildman–Crippen LogP) is 3.44. The average Bonchev–Trinajstić information content (AvgIpc) is 2.73. The highest BCUT2D eigenvalue weighted by Crippen LogP contribution is 2.33. The van der Waals surface area contributed by atoms with Crippen molar-refractivity contribution in [3.05, 3.63) is 35.4 Å². The van der Waals surface area contributed by atoms with E-state index in [4.69, 9.17) is 0 Å². The van der Waals surface area contributed by atoms with E-state index in [2.05, 4.69) is 29.2 Å². The van der Waals surface area contributed by atoms with Gasteiger partial charge in [0.25, 0.3) is 0 Å². The van der Waals surface area contributed by atoms with Gasteiger partial charge >= 0.3 is 5.97 Å². The number of nitrogens with zero attached hydrogens (tertiary/aromatic N) is 1. The van der Waals surface area contributed by atoms with Gasteiger partial charge in [-0.2, -0.15) is 0 Å². The summed E-state index contributed by atoms with van der Waals surface area (Å²) in [6, 6.07) is 8.44. The van der Waals surface area contributed by atoms with E-state index in [0.29, 0.717) is 5.92 Å². The number of aliphatic carboxylic acids is 1. The molecule has 114 valence electrons. The molecule has 1 aliphatic heterocycles. The summed E-state index contributed by atoms with van der Waals surface area (Å²) in [4.78, 5) is 13.8. The highest BCUT2D eigenvalue weighted by atomic mass is 16.4. The molecule has 1 N–H and O–H groups in total. The van der Waals surface area contributed by atoms with Crippen molar-refractivity contribution in [3.8, 4) is 0 Å². The number of likely N-dealkylation sites (tertiary alicyclic amines) is 1. The lowest BCUT2D eigenvalue weighted by Crippen LogP contribution is -2.43. The molecule has 0 aromatic heterocycles. The number of carboxylic acid groups (broad SMARTS) is 1. The van der Waals surface area contributed by atoms with Gasteiger partial charge in [0.1, 0.15) is 6.04 Å². The molecule has 3 rings (SSSR count). The van der Waals surface area contributed by atoms with Crippen molar-refractivity contribution in [1.82, 2.24) is 4.90 Å². The molecular weight excluding hydrogens is 262 g/mol. The van der Waals surface area contributed by atoms with Crippen LogP contribution in [0.25, 0.3) is 0 Å². The van der Waals surface area contributed by atoms with Crippen LogP contribution in [0.15, 0.2) is 24.3 Å². The van der Waals surface area contributed by atoms with Gasteiger partial charge in [0.2, 0.25) is 0 Å². The predicted molar refractivity (Wildman–Crippen MR) is 83.6 cm³/mol. The molecule has 3 nitrogen and oxygen atoms in total. The first-order valence-corrected chi connectivity index (χ1v) is 8.30. The molecule has 1 aromatic carbocycles. The second-order valence-electron chi connectivity index (χ2n) is 6.49. The Kier molecular flexibility index (Phi) is 4.59. The number of benzene rings is 1. The lowest BCUT2D eigenvalue weighted by Gasteiger charge is -2.33. The van der Waals surface area contributed by atoms with Crippen molar-refractivity contribution in [2.24, 2.45) is 0 Å². The molecule has 1 aromatic rings. The van der Waals surface area contributed by atoms with Crippen LogP contribution in [0.1, 0.15) is 55.6 Å². The Morgan fingerprint density at radius 3 is 2.86 bits per heavy atom. The maximum Gasteiger partial charge on any atom is 0.320 e. The number of carboxylic acids is 1. The zero-order valence-electron chi connectivity index (χ0n) is 12.6. The number of hydrogen-bond donors (Lipinski definition) is 1. The summed E-state index contributed by atoms with van der Waals surface area (Å²) in [6.07, 6.45) is 7.76. The van der Waals surface area contributed by atoms with Crippen LogP contribution in [0.4, 0.5) is 0 Å². The summed E-state index contributed by atoms with van der Waals surface area (Å²) >= 11 is 0. The maximum absolute atomic E-state index is 11.6. The molecule has 1 heterocycles. The van der Waals surface area contributed by atoms with E-state index in [1.165, 1.54) is 36.8 Å². The van der Waals surface area contributed by atoms with Crippen molar-refractivity contribution in [2.75, 3.05) is 13.1 Å². The van der Waals surface area contributed by atoms with Crippen LogP contribution in [0.2, 0.25) is 0 Å². The van der Waals surface area contributed by atoms with Gasteiger partial charge in [-0.3, -0.25) is 9.69 Å². The molecule has 1 saturated heterocycles. The molecule has 21 heavy (non-hydrogen) atoms. The highest BCUT2D eigenvalue weighted by Gasteiger charge is 2.30. The maximum atomic E-state index is 11.6. The zero-order chi connectivity index (χ0) is 14.7. The first-order chi connectivity index (χ1) is 10.3. The number of fused-ring (bicyclic) bond motifs is 1. The average molecular weight is 287 g/mol. The number of aryl methyl sites for hydroxylation is 1. The third kappa shape index (κ3) is 3.29. The molecule has 0 spiro atoms. The van der Waals surface area contributed by atoms with Gasteiger partial charge in [-0.25, -0.2) is 0 Å². The largest absolute Gasteiger partial charge is 0.480 e. The fourth-order valence-corrected chi connectivity index (χ4v) is 3.99. The van der Waals surface area contributed by atoms with Crippen LogP contribution in [0.3, 0.4) is 0 Å². The number of carbonyl (C=O) groups is 1. The Morgan fingerprint density at radius 1 is 1.14 bits per heavy atom. The van der Waals surface area contributed by atoms with E-state index >= 15 is 0 Å². The minimum absolute atomic E-state index is 0.276. The van der Waals surface area contributed by atoms with Gasteiger partial charge in [-0.05, 0) is 55.7 Å². The monoisotopic (exact) mass is 287 g/mol. The van der Waals surface area contributed by atoms with Crippen LogP contribution in [0, 0.1) is 0 Å². The lowest BCUT2D eigenvalue weighted by atomic mass is 9.82. The van der Waals surface area contributed by atoms with Crippen molar-refractivity contribution < 1.29 is 9.90 Å². The summed E-state index contributed by atoms with van der Waals surface area (Å²) in [5.74, 6) is -0.129. The van der Waals surface area contributed by atoms with Crippen molar-refractivity contribution in [1.29, 1.82) is 0 Å². The van der Waals surface area contributed by atoms with Crippen molar-refractivity contribution >= 4 is 5.97 Å². The molecule has 0 amide bonds. The second-order valence-corrected chi connectivity index (χ2v) is 6.49. The molecule has 2 unspecified atom stereocenters. The fraction of sp³-hybridized carbons (Fsp3) is 0.611. The molecule has 2 aliphatic rings. The molecule has 0 bridgehead atoms. The van der Waals surface area contributed by atoms with Gasteiger partial charge in [0.05, 0.1) is 0 Å². The van der Waals surface area contributed by atoms with E-state index in [0.717, 1.165) is 32.4 Å². The van der Waals surface area contributed by atoms with E-state index in [1.54, 1.807) is 0 Å². The number of rotatable bonds is 3. The zero-order valence-corrected chi connectivity index (χ0v) is 12.6. The summed E-state index contributed by atoms with van der Waals surface area (Å²) in [6.45, 7) is 1.85. The third-order valence-corrected chi connectivity index (χ3v) is 5.10. The van der Waals surface area contributed by atoms with E-state index < -0.39 is 5.97 Å². The van der Waals surface area contributed by atoms with Crippen LogP contribution < -0.4 is 0 Å². The minimum Gasteiger partial charge on any atom is -0.480 e. The molecular formula is C18H25NO2. The molecule has 2 atom stereocenters. The summed E-state index contributed by atoms with van der Waals surface area (Å²) in [7, 11) is 0. The minimum atomic E-state index is -0.638. The smallest absolute Gasteiger partial charge is 0.320 e. The van der Waals surface area contributed by atoms with Gasteiger partial charge in [-0.15, -0.1) is 0 Å². The van der Waals surface area contributed by atoms with Crippen LogP contribution in [-0.4, -0.2) is 35.1 Å². The topological polar surface area (TPSA) is 40.5 Å². The van der Waals surface area contributed by atoms with Gasteiger partial charge < -0.3 is 5.11 Å². The fourth-order valence-electron chi connectivity index (χ4n) is 3.99. The summed E-state index contributed by atoms with van der Waals surface area (Å²) in [5, 5.41) is 9.52. The Hall–Kier alpha value is -1.35. The van der Waals surface area contributed by atoms with Crippen molar-refractivity contribution in [2.45, 2.75) is 56.9 Å². The van der Waals surface area contributed by atoms with Gasteiger partial charge in [0.15, 0.2) is 0 Å². The van der Waals surface area contributed by atoms with E-state index in [-0.39, 0.29) is 6.04 Å². The van der Waals surface area contributed by atoms with E-state index in [9.17, 15) is 9.90 Å². The third-order valence-electron chi connectivity index (χ3n) is 5.10. The Bertz CT molecular complexity index is 500. The first kappa shape index (κ1) is 14.6. The molecule has 0 radical (unpaired) electrons. The van der Waals surface area contributed by atoms with Gasteiger partial charge in [-0.1, -0.05) is 37.1 Å². The summed E-state index contributed by atoms with van der Waals surface area (Å²) in [5.41, 5.74) is 2.92. The lowest BCUT2D eigenvalue weighted by molar-refractivity contribution is -0.143. The molecule has 1 aliphatic carbocycles. The molecule has 0 saturated carbocycles.